The van der Waals surface area contributed by atoms with Gasteiger partial charge in [-0.3, -0.25) is 4.79 Å². The van der Waals surface area contributed by atoms with Gasteiger partial charge in [0.25, 0.3) is 0 Å². The number of ether oxygens (including phenoxy) is 1. The first kappa shape index (κ1) is 6.40. The van der Waals surface area contributed by atoms with Crippen molar-refractivity contribution >= 4 is 6.29 Å². The average molecular weight is 148 g/mol. The normalized spacial score (nSPS) is 12.1. The van der Waals surface area contributed by atoms with Crippen molar-refractivity contribution < 1.29 is 9.53 Å². The van der Waals surface area contributed by atoms with Crippen molar-refractivity contribution in [1.82, 2.24) is 0 Å². The summed E-state index contributed by atoms with van der Waals surface area (Å²) in [5.41, 5.74) is 3.20. The lowest BCUT2D eigenvalue weighted by Crippen LogP contribution is -1.84. The van der Waals surface area contributed by atoms with Crippen LogP contribution in [0.15, 0.2) is 12.1 Å². The Bertz CT molecular complexity index is 316. The molecule has 0 unspecified atom stereocenters. The fourth-order valence-corrected chi connectivity index (χ4v) is 1.26. The zero-order chi connectivity index (χ0) is 7.84. The molecule has 0 spiro atoms. The van der Waals surface area contributed by atoms with E-state index in [1.54, 1.807) is 13.2 Å². The van der Waals surface area contributed by atoms with Gasteiger partial charge in [-0.2, -0.15) is 0 Å². The van der Waals surface area contributed by atoms with Crippen LogP contribution in [0.5, 0.6) is 5.75 Å². The van der Waals surface area contributed by atoms with Crippen LogP contribution in [0.25, 0.3) is 0 Å². The molecule has 0 heterocycles. The number of carbonyl (C=O) groups is 1. The fraction of sp³-hybridized carbons (Fsp3) is 0.222. The molecule has 1 aliphatic carbocycles. The Morgan fingerprint density at radius 3 is 3.00 bits per heavy atom. The summed E-state index contributed by atoms with van der Waals surface area (Å²) in [7, 11) is 1.63. The van der Waals surface area contributed by atoms with Gasteiger partial charge >= 0.3 is 0 Å². The Balaban J connectivity index is 2.51. The van der Waals surface area contributed by atoms with E-state index in [0.717, 1.165) is 18.5 Å². The summed E-state index contributed by atoms with van der Waals surface area (Å²) >= 11 is 0. The zero-order valence-electron chi connectivity index (χ0n) is 6.26. The molecule has 2 heteroatoms. The van der Waals surface area contributed by atoms with E-state index in [1.807, 2.05) is 6.07 Å². The third-order valence-corrected chi connectivity index (χ3v) is 1.92. The van der Waals surface area contributed by atoms with Crippen molar-refractivity contribution in [1.29, 1.82) is 0 Å². The van der Waals surface area contributed by atoms with Gasteiger partial charge in [-0.15, -0.1) is 0 Å². The van der Waals surface area contributed by atoms with Gasteiger partial charge in [-0.25, -0.2) is 0 Å². The molecule has 0 aliphatic heterocycles. The summed E-state index contributed by atoms with van der Waals surface area (Å²) in [4.78, 5) is 10.4. The van der Waals surface area contributed by atoms with E-state index in [2.05, 4.69) is 0 Å². The molecule has 0 aromatic heterocycles. The van der Waals surface area contributed by atoms with Crippen LogP contribution < -0.4 is 4.74 Å². The highest BCUT2D eigenvalue weighted by Crippen LogP contribution is 2.37. The number of aldehydes is 1. The Kier molecular flexibility index (Phi) is 1.22. The van der Waals surface area contributed by atoms with Crippen LogP contribution in [0.2, 0.25) is 0 Å². The Morgan fingerprint density at radius 2 is 2.36 bits per heavy atom. The molecule has 2 nitrogen and oxygen atoms in total. The van der Waals surface area contributed by atoms with E-state index in [9.17, 15) is 4.79 Å². The highest BCUT2D eigenvalue weighted by Gasteiger charge is 2.22. The lowest BCUT2D eigenvalue weighted by Gasteiger charge is -1.97. The molecule has 0 bridgehead atoms. The minimum Gasteiger partial charge on any atom is -0.496 e. The number of hydrogen-bond donors (Lipinski definition) is 0. The van der Waals surface area contributed by atoms with Crippen molar-refractivity contribution in [2.45, 2.75) is 6.42 Å². The topological polar surface area (TPSA) is 26.3 Å². The molecule has 0 radical (unpaired) electrons. The van der Waals surface area contributed by atoms with Gasteiger partial charge in [0.15, 0.2) is 0 Å². The van der Waals surface area contributed by atoms with Gasteiger partial charge in [-0.05, 0) is 17.7 Å². The third-order valence-electron chi connectivity index (χ3n) is 1.92. The lowest BCUT2D eigenvalue weighted by molar-refractivity contribution is 0.112. The second-order valence-electron chi connectivity index (χ2n) is 2.66. The van der Waals surface area contributed by atoms with Crippen LogP contribution in [-0.4, -0.2) is 13.4 Å². The van der Waals surface area contributed by atoms with E-state index in [1.165, 1.54) is 11.1 Å². The molecular formula is C9H8O2. The van der Waals surface area contributed by atoms with Gasteiger partial charge in [0.1, 0.15) is 12.0 Å². The van der Waals surface area contributed by atoms with E-state index in [4.69, 9.17) is 4.74 Å². The Labute approximate surface area is 64.8 Å². The van der Waals surface area contributed by atoms with Crippen molar-refractivity contribution in [2.24, 2.45) is 0 Å². The van der Waals surface area contributed by atoms with Crippen molar-refractivity contribution in [3.63, 3.8) is 0 Å². The van der Waals surface area contributed by atoms with Gasteiger partial charge in [0, 0.05) is 17.5 Å². The molecule has 1 aromatic rings. The number of fused-ring (bicyclic) bond motifs is 1. The summed E-state index contributed by atoms with van der Waals surface area (Å²) in [6, 6.07) is 3.68. The molecule has 0 atom stereocenters. The highest BCUT2D eigenvalue weighted by molar-refractivity contribution is 5.78. The molecule has 0 fully saturated rings. The molecule has 11 heavy (non-hydrogen) atoms. The van der Waals surface area contributed by atoms with Crippen molar-refractivity contribution in [3.05, 3.63) is 28.8 Å². The second kappa shape index (κ2) is 2.09. The van der Waals surface area contributed by atoms with Crippen LogP contribution >= 0.6 is 0 Å². The van der Waals surface area contributed by atoms with E-state index in [-0.39, 0.29) is 0 Å². The molecule has 0 saturated heterocycles. The second-order valence-corrected chi connectivity index (χ2v) is 2.66. The molecule has 1 aromatic carbocycles. The third kappa shape index (κ3) is 0.909. The highest BCUT2D eigenvalue weighted by atomic mass is 16.5. The number of hydrogen-bond acceptors (Lipinski definition) is 2. The molecule has 0 amide bonds. The number of benzene rings is 1. The smallest absolute Gasteiger partial charge is 0.150 e. The molecular weight excluding hydrogens is 140 g/mol. The van der Waals surface area contributed by atoms with Crippen LogP contribution in [0.1, 0.15) is 21.5 Å². The Morgan fingerprint density at radius 1 is 1.55 bits per heavy atom. The Hall–Kier alpha value is -1.31. The molecule has 56 valence electrons. The molecule has 2 rings (SSSR count). The molecule has 0 N–H and O–H groups in total. The quantitative estimate of drug-likeness (QED) is 0.602. The minimum absolute atomic E-state index is 0.707. The summed E-state index contributed by atoms with van der Waals surface area (Å²) in [6.07, 6.45) is 1.83. The number of rotatable bonds is 2. The summed E-state index contributed by atoms with van der Waals surface area (Å²) in [6.45, 7) is 0. The van der Waals surface area contributed by atoms with Crippen molar-refractivity contribution in [2.75, 3.05) is 7.11 Å². The summed E-state index contributed by atoms with van der Waals surface area (Å²) in [5, 5.41) is 0. The first-order chi connectivity index (χ1) is 5.35. The van der Waals surface area contributed by atoms with Crippen LogP contribution in [0.4, 0.5) is 0 Å². The standard InChI is InChI=1S/C9H8O2/c1-11-9-3-6(5-10)2-7-4-8(7)9/h2-3,5H,4H2,1H3. The lowest BCUT2D eigenvalue weighted by atomic mass is 10.2. The SMILES string of the molecule is COc1cc(C=O)cc2c1C2. The van der Waals surface area contributed by atoms with Crippen LogP contribution in [-0.2, 0) is 6.42 Å². The maximum atomic E-state index is 10.4. The average Bonchev–Trinajstić information content (AvgIpc) is 2.80. The van der Waals surface area contributed by atoms with Gasteiger partial charge in [-0.1, -0.05) is 0 Å². The number of carbonyl (C=O) groups excluding carboxylic acids is 1. The molecule has 1 aliphatic rings. The van der Waals surface area contributed by atoms with E-state index < -0.39 is 0 Å². The van der Waals surface area contributed by atoms with Crippen molar-refractivity contribution in [3.8, 4) is 5.75 Å². The minimum atomic E-state index is 0.707. The first-order valence-corrected chi connectivity index (χ1v) is 3.50. The summed E-state index contributed by atoms with van der Waals surface area (Å²) in [5.74, 6) is 0.851. The molecule has 0 saturated carbocycles. The van der Waals surface area contributed by atoms with Crippen LogP contribution in [0, 0.1) is 0 Å². The maximum absolute atomic E-state index is 10.4. The number of methoxy groups -OCH3 is 1. The maximum Gasteiger partial charge on any atom is 0.150 e. The van der Waals surface area contributed by atoms with E-state index in [0.29, 0.717) is 5.56 Å². The van der Waals surface area contributed by atoms with Gasteiger partial charge < -0.3 is 4.74 Å². The largest absolute Gasteiger partial charge is 0.496 e. The fourth-order valence-electron chi connectivity index (χ4n) is 1.26. The van der Waals surface area contributed by atoms with Crippen LogP contribution in [0.3, 0.4) is 0 Å². The predicted molar refractivity (Wildman–Crippen MR) is 41.2 cm³/mol. The van der Waals surface area contributed by atoms with Gasteiger partial charge in [0.2, 0.25) is 0 Å². The zero-order valence-corrected chi connectivity index (χ0v) is 6.26. The first-order valence-electron chi connectivity index (χ1n) is 3.50. The monoisotopic (exact) mass is 148 g/mol. The predicted octanol–water partition coefficient (Wildman–Crippen LogP) is 1.41. The summed E-state index contributed by atoms with van der Waals surface area (Å²) < 4.78 is 5.08. The van der Waals surface area contributed by atoms with Gasteiger partial charge in [0.05, 0.1) is 7.11 Å². The van der Waals surface area contributed by atoms with E-state index >= 15 is 0 Å².